The molecule has 4 N–H and O–H groups in total. The van der Waals surface area contributed by atoms with Crippen LogP contribution in [0.3, 0.4) is 0 Å². The minimum atomic E-state index is -0.948. The van der Waals surface area contributed by atoms with Gasteiger partial charge in [-0.15, -0.1) is 0 Å². The lowest BCUT2D eigenvalue weighted by atomic mass is 10.2. The molecule has 0 aliphatic heterocycles. The third-order valence-electron chi connectivity index (χ3n) is 3.91. The molecule has 2 aromatic rings. The monoisotopic (exact) mass is 436 g/mol. The van der Waals surface area contributed by atoms with E-state index in [0.29, 0.717) is 5.56 Å². The molecule has 1 heterocycles. The van der Waals surface area contributed by atoms with Crippen LogP contribution >= 0.6 is 0 Å². The van der Waals surface area contributed by atoms with Crippen LogP contribution in [0.1, 0.15) is 48.8 Å². The van der Waals surface area contributed by atoms with Gasteiger partial charge in [0.15, 0.2) is 5.69 Å². The lowest BCUT2D eigenvalue weighted by molar-refractivity contribution is 0.0445. The van der Waals surface area contributed by atoms with Crippen LogP contribution in [0.25, 0.3) is 0 Å². The Kier molecular flexibility index (Phi) is 7.70. The number of aromatic nitrogens is 2. The normalized spacial score (nSPS) is 12.2. The van der Waals surface area contributed by atoms with Crippen LogP contribution in [0.2, 0.25) is 0 Å². The summed E-state index contributed by atoms with van der Waals surface area (Å²) in [5, 5.41) is 15.0. The third kappa shape index (κ3) is 7.07. The quantitative estimate of drug-likeness (QED) is 0.518. The fraction of sp³-hybridized carbons (Fsp3) is 0.400. The summed E-state index contributed by atoms with van der Waals surface area (Å²) in [4.78, 5) is 42.7. The second kappa shape index (κ2) is 10.0. The average Bonchev–Trinajstić information content (AvgIpc) is 2.68. The van der Waals surface area contributed by atoms with Crippen molar-refractivity contribution in [2.24, 2.45) is 0 Å². The first-order valence-electron chi connectivity index (χ1n) is 9.35. The number of carbonyl (C=O) groups excluding carboxylic acids is 2. The van der Waals surface area contributed by atoms with E-state index in [0.717, 1.165) is 0 Å². The molecule has 0 fully saturated rings. The van der Waals surface area contributed by atoms with Crippen LogP contribution in [0.5, 0.6) is 5.75 Å². The highest BCUT2D eigenvalue weighted by Gasteiger charge is 2.23. The minimum absolute atomic E-state index is 0.0241. The van der Waals surface area contributed by atoms with Crippen LogP contribution < -0.4 is 16.2 Å². The number of H-pyrrole nitrogens is 1. The number of aromatic amines is 1. The van der Waals surface area contributed by atoms with Crippen LogP contribution in [0.15, 0.2) is 29.1 Å². The molecule has 0 saturated carbocycles. The zero-order valence-corrected chi connectivity index (χ0v) is 17.6. The number of ether oxygens (including phenoxy) is 2. The molecular weight excluding hydrogens is 411 g/mol. The van der Waals surface area contributed by atoms with Gasteiger partial charge in [-0.25, -0.2) is 14.2 Å². The predicted molar refractivity (Wildman–Crippen MR) is 108 cm³/mol. The Morgan fingerprint density at radius 2 is 1.87 bits per heavy atom. The fourth-order valence-corrected chi connectivity index (χ4v) is 2.45. The van der Waals surface area contributed by atoms with E-state index in [-0.39, 0.29) is 18.9 Å². The molecular formula is C20H25FN4O6. The van der Waals surface area contributed by atoms with Crippen molar-refractivity contribution in [3.8, 4) is 5.75 Å². The Hall–Kier alpha value is -3.47. The molecule has 1 atom stereocenters. The van der Waals surface area contributed by atoms with Crippen molar-refractivity contribution in [3.05, 3.63) is 57.5 Å². The summed E-state index contributed by atoms with van der Waals surface area (Å²) in [5.74, 6) is -2.17. The van der Waals surface area contributed by atoms with Crippen molar-refractivity contribution >= 4 is 12.0 Å². The van der Waals surface area contributed by atoms with Gasteiger partial charge in [0.25, 0.3) is 11.5 Å². The van der Waals surface area contributed by atoms with Gasteiger partial charge >= 0.3 is 6.09 Å². The first-order chi connectivity index (χ1) is 14.5. The Morgan fingerprint density at radius 3 is 2.45 bits per heavy atom. The summed E-state index contributed by atoms with van der Waals surface area (Å²) in [5.41, 5.74) is -1.56. The molecule has 31 heavy (non-hydrogen) atoms. The number of methoxy groups -OCH3 is 1. The molecule has 0 aliphatic rings. The number of hydrogen-bond donors (Lipinski definition) is 4. The van der Waals surface area contributed by atoms with Gasteiger partial charge in [0.05, 0.1) is 6.54 Å². The average molecular weight is 436 g/mol. The number of nitrogens with zero attached hydrogens (tertiary/aromatic N) is 1. The number of benzene rings is 1. The lowest BCUT2D eigenvalue weighted by Crippen LogP contribution is -2.36. The van der Waals surface area contributed by atoms with E-state index in [1.165, 1.54) is 31.4 Å². The second-order valence-corrected chi connectivity index (χ2v) is 7.56. The number of halogens is 1. The van der Waals surface area contributed by atoms with Gasteiger partial charge in [-0.2, -0.15) is 0 Å². The maximum absolute atomic E-state index is 13.0. The first-order valence-corrected chi connectivity index (χ1v) is 9.35. The van der Waals surface area contributed by atoms with Gasteiger partial charge in [0.2, 0.25) is 5.75 Å². The van der Waals surface area contributed by atoms with E-state index >= 15 is 0 Å². The maximum atomic E-state index is 13.0. The number of hydrogen-bond acceptors (Lipinski definition) is 7. The van der Waals surface area contributed by atoms with Gasteiger partial charge in [-0.05, 0) is 38.5 Å². The molecule has 10 nitrogen and oxygen atoms in total. The van der Waals surface area contributed by atoms with E-state index in [1.807, 2.05) is 0 Å². The standard InChI is InChI=1S/C20H25FN4O6/c1-20(2,3)31-19(29)23-10-13(30-4)16-24-14(15(26)18(28)25-16)17(27)22-9-11-5-7-12(21)8-6-11/h5-8,13,26H,9-10H2,1-4H3,(H,22,27)(H,23,29)(H,24,25,28). The van der Waals surface area contributed by atoms with Crippen molar-refractivity contribution < 1.29 is 28.6 Å². The topological polar surface area (TPSA) is 143 Å². The van der Waals surface area contributed by atoms with Crippen LogP contribution in [-0.4, -0.2) is 46.3 Å². The highest BCUT2D eigenvalue weighted by molar-refractivity contribution is 5.94. The number of carbonyl (C=O) groups is 2. The van der Waals surface area contributed by atoms with E-state index in [2.05, 4.69) is 20.6 Å². The summed E-state index contributed by atoms with van der Waals surface area (Å²) in [7, 11) is 1.32. The zero-order chi connectivity index (χ0) is 23.2. The van der Waals surface area contributed by atoms with E-state index in [4.69, 9.17) is 9.47 Å². The first kappa shape index (κ1) is 23.8. The van der Waals surface area contributed by atoms with E-state index in [9.17, 15) is 23.9 Å². The van der Waals surface area contributed by atoms with Crippen LogP contribution in [0.4, 0.5) is 9.18 Å². The van der Waals surface area contributed by atoms with Crippen molar-refractivity contribution in [1.29, 1.82) is 0 Å². The number of aromatic hydroxyl groups is 1. The molecule has 1 aromatic heterocycles. The Balaban J connectivity index is 2.14. The Bertz CT molecular complexity index is 985. The number of nitrogens with one attached hydrogen (secondary N) is 3. The molecule has 0 bridgehead atoms. The Morgan fingerprint density at radius 1 is 1.23 bits per heavy atom. The van der Waals surface area contributed by atoms with Gasteiger partial charge in [-0.3, -0.25) is 9.59 Å². The van der Waals surface area contributed by atoms with E-state index in [1.54, 1.807) is 20.8 Å². The number of amides is 2. The van der Waals surface area contributed by atoms with Gasteiger partial charge in [0, 0.05) is 13.7 Å². The number of alkyl carbamates (subject to hydrolysis) is 1. The summed E-state index contributed by atoms with van der Waals surface area (Å²) in [6.07, 6.45) is -1.63. The summed E-state index contributed by atoms with van der Waals surface area (Å²) >= 11 is 0. The molecule has 0 saturated heterocycles. The van der Waals surface area contributed by atoms with Crippen molar-refractivity contribution in [2.45, 2.75) is 39.0 Å². The highest BCUT2D eigenvalue weighted by Crippen LogP contribution is 2.15. The predicted octanol–water partition coefficient (Wildman–Crippen LogP) is 1.76. The molecule has 0 radical (unpaired) electrons. The molecule has 2 rings (SSSR count). The number of rotatable bonds is 7. The zero-order valence-electron chi connectivity index (χ0n) is 17.6. The van der Waals surface area contributed by atoms with Crippen molar-refractivity contribution in [1.82, 2.24) is 20.6 Å². The summed E-state index contributed by atoms with van der Waals surface area (Å²) in [6, 6.07) is 5.44. The summed E-state index contributed by atoms with van der Waals surface area (Å²) in [6.45, 7) is 5.02. The van der Waals surface area contributed by atoms with Gasteiger partial charge in [-0.1, -0.05) is 12.1 Å². The molecule has 0 aliphatic carbocycles. The SMILES string of the molecule is COC(CNC(=O)OC(C)(C)C)c1nc(C(=O)NCc2ccc(F)cc2)c(O)c(=O)[nH]1. The molecule has 2 amide bonds. The molecule has 11 heteroatoms. The fourth-order valence-electron chi connectivity index (χ4n) is 2.45. The van der Waals surface area contributed by atoms with Crippen molar-refractivity contribution in [3.63, 3.8) is 0 Å². The van der Waals surface area contributed by atoms with E-state index < -0.39 is 46.5 Å². The smallest absolute Gasteiger partial charge is 0.407 e. The maximum Gasteiger partial charge on any atom is 0.407 e. The minimum Gasteiger partial charge on any atom is -0.501 e. The van der Waals surface area contributed by atoms with Gasteiger partial charge in [0.1, 0.15) is 23.3 Å². The van der Waals surface area contributed by atoms with Crippen molar-refractivity contribution in [2.75, 3.05) is 13.7 Å². The molecule has 1 aromatic carbocycles. The summed E-state index contributed by atoms with van der Waals surface area (Å²) < 4.78 is 23.3. The largest absolute Gasteiger partial charge is 0.501 e. The van der Waals surface area contributed by atoms with Crippen LogP contribution in [-0.2, 0) is 16.0 Å². The molecule has 1 unspecified atom stereocenters. The third-order valence-corrected chi connectivity index (χ3v) is 3.91. The van der Waals surface area contributed by atoms with Gasteiger partial charge < -0.3 is 30.2 Å². The second-order valence-electron chi connectivity index (χ2n) is 7.56. The highest BCUT2D eigenvalue weighted by atomic mass is 19.1. The molecule has 168 valence electrons. The lowest BCUT2D eigenvalue weighted by Gasteiger charge is -2.21. The Labute approximate surface area is 177 Å². The van der Waals surface area contributed by atoms with Crippen LogP contribution in [0, 0.1) is 5.82 Å². The molecule has 0 spiro atoms.